The third-order valence-electron chi connectivity index (χ3n) is 2.05. The maximum Gasteiger partial charge on any atom is 0.192 e. The van der Waals surface area contributed by atoms with Gasteiger partial charge in [-0.2, -0.15) is 0 Å². The standard InChI is InChI=1S/C8H16NO3/c1-11-8(10)2-3-9-4-6-12-7-5-9/h8H,2-7H2,1H3. The molecule has 1 unspecified atom stereocenters. The average molecular weight is 174 g/mol. The molecule has 1 aliphatic heterocycles. The molecule has 0 aromatic rings. The predicted molar refractivity (Wildman–Crippen MR) is 43.4 cm³/mol. The molecule has 0 aromatic heterocycles. The van der Waals surface area contributed by atoms with Gasteiger partial charge in [0.25, 0.3) is 0 Å². The van der Waals surface area contributed by atoms with Gasteiger partial charge in [-0.15, -0.1) is 0 Å². The molecule has 0 spiro atoms. The van der Waals surface area contributed by atoms with Crippen molar-refractivity contribution < 1.29 is 14.6 Å². The van der Waals surface area contributed by atoms with Crippen LogP contribution < -0.4 is 0 Å². The maximum absolute atomic E-state index is 10.9. The van der Waals surface area contributed by atoms with Crippen molar-refractivity contribution in [3.63, 3.8) is 0 Å². The summed E-state index contributed by atoms with van der Waals surface area (Å²) in [5.41, 5.74) is 0. The van der Waals surface area contributed by atoms with Gasteiger partial charge in [0, 0.05) is 33.2 Å². The lowest BCUT2D eigenvalue weighted by Gasteiger charge is -2.26. The van der Waals surface area contributed by atoms with E-state index in [4.69, 9.17) is 4.74 Å². The van der Waals surface area contributed by atoms with Gasteiger partial charge in [-0.25, -0.2) is 5.11 Å². The highest BCUT2D eigenvalue weighted by Gasteiger charge is 2.12. The second kappa shape index (κ2) is 5.48. The van der Waals surface area contributed by atoms with Gasteiger partial charge in [0.2, 0.25) is 0 Å². The summed E-state index contributed by atoms with van der Waals surface area (Å²) in [7, 11) is 1.46. The molecule has 4 heteroatoms. The highest BCUT2D eigenvalue weighted by molar-refractivity contribution is 4.61. The van der Waals surface area contributed by atoms with E-state index in [1.165, 1.54) is 7.11 Å². The monoisotopic (exact) mass is 174 g/mol. The van der Waals surface area contributed by atoms with E-state index in [-0.39, 0.29) is 0 Å². The first-order valence-electron chi connectivity index (χ1n) is 4.31. The molecular formula is C8H16NO3. The van der Waals surface area contributed by atoms with Crippen LogP contribution in [0.25, 0.3) is 0 Å². The summed E-state index contributed by atoms with van der Waals surface area (Å²) in [4.78, 5) is 2.23. The second-order valence-corrected chi connectivity index (χ2v) is 2.91. The molecule has 1 fully saturated rings. The number of ether oxygens (including phenoxy) is 2. The molecule has 1 rings (SSSR count). The van der Waals surface area contributed by atoms with Gasteiger partial charge < -0.3 is 9.47 Å². The summed E-state index contributed by atoms with van der Waals surface area (Å²) >= 11 is 0. The molecule has 0 N–H and O–H groups in total. The second-order valence-electron chi connectivity index (χ2n) is 2.91. The van der Waals surface area contributed by atoms with Crippen LogP contribution >= 0.6 is 0 Å². The van der Waals surface area contributed by atoms with Crippen LogP contribution in [-0.2, 0) is 14.6 Å². The van der Waals surface area contributed by atoms with Crippen LogP contribution in [0.4, 0.5) is 0 Å². The van der Waals surface area contributed by atoms with Gasteiger partial charge in [-0.05, 0) is 0 Å². The van der Waals surface area contributed by atoms with Gasteiger partial charge in [0.15, 0.2) is 6.29 Å². The quantitative estimate of drug-likeness (QED) is 0.568. The maximum atomic E-state index is 10.9. The largest absolute Gasteiger partial charge is 0.379 e. The lowest BCUT2D eigenvalue weighted by atomic mass is 10.3. The highest BCUT2D eigenvalue weighted by atomic mass is 16.6. The summed E-state index contributed by atoms with van der Waals surface area (Å²) in [5, 5.41) is 10.9. The Bertz CT molecular complexity index is 115. The van der Waals surface area contributed by atoms with E-state index in [1.807, 2.05) is 0 Å². The van der Waals surface area contributed by atoms with Crippen LogP contribution in [0, 0.1) is 0 Å². The molecule has 0 amide bonds. The SMILES string of the molecule is COC([O])CCN1CCOCC1. The van der Waals surface area contributed by atoms with Crippen molar-refractivity contribution in [2.75, 3.05) is 40.0 Å². The Balaban J connectivity index is 2.05. The first kappa shape index (κ1) is 9.92. The Morgan fingerprint density at radius 3 is 2.75 bits per heavy atom. The van der Waals surface area contributed by atoms with Crippen molar-refractivity contribution in [1.29, 1.82) is 0 Å². The van der Waals surface area contributed by atoms with Crippen LogP contribution in [0.1, 0.15) is 6.42 Å². The molecule has 1 heterocycles. The zero-order chi connectivity index (χ0) is 8.81. The predicted octanol–water partition coefficient (Wildman–Crippen LogP) is 0.112. The Kier molecular flexibility index (Phi) is 4.53. The van der Waals surface area contributed by atoms with Gasteiger partial charge in [0.1, 0.15) is 0 Å². The average Bonchev–Trinajstić information content (AvgIpc) is 2.16. The summed E-state index contributed by atoms with van der Waals surface area (Å²) in [6, 6.07) is 0. The van der Waals surface area contributed by atoms with E-state index in [1.54, 1.807) is 0 Å². The molecule has 0 saturated carbocycles. The minimum atomic E-state index is -0.868. The Morgan fingerprint density at radius 1 is 1.50 bits per heavy atom. The van der Waals surface area contributed by atoms with E-state index in [0.717, 1.165) is 32.8 Å². The van der Waals surface area contributed by atoms with Crippen LogP contribution in [0.2, 0.25) is 0 Å². The van der Waals surface area contributed by atoms with Crippen molar-refractivity contribution in [2.45, 2.75) is 12.7 Å². The Labute approximate surface area is 73.1 Å². The smallest absolute Gasteiger partial charge is 0.192 e. The number of rotatable bonds is 4. The molecular weight excluding hydrogens is 158 g/mol. The lowest BCUT2D eigenvalue weighted by molar-refractivity contribution is -0.127. The minimum absolute atomic E-state index is 0.566. The molecule has 1 radical (unpaired) electrons. The van der Waals surface area contributed by atoms with Crippen molar-refractivity contribution in [3.05, 3.63) is 0 Å². The molecule has 1 aliphatic rings. The lowest BCUT2D eigenvalue weighted by Crippen LogP contribution is -2.37. The summed E-state index contributed by atoms with van der Waals surface area (Å²) in [6.45, 7) is 4.28. The summed E-state index contributed by atoms with van der Waals surface area (Å²) in [5.74, 6) is 0. The van der Waals surface area contributed by atoms with E-state index < -0.39 is 6.29 Å². The third kappa shape index (κ3) is 3.49. The van der Waals surface area contributed by atoms with E-state index >= 15 is 0 Å². The summed E-state index contributed by atoms with van der Waals surface area (Å²) in [6.07, 6.45) is -0.302. The van der Waals surface area contributed by atoms with Crippen LogP contribution in [0.5, 0.6) is 0 Å². The number of nitrogens with zero attached hydrogens (tertiary/aromatic N) is 1. The molecule has 1 atom stereocenters. The van der Waals surface area contributed by atoms with Gasteiger partial charge >= 0.3 is 0 Å². The molecule has 1 saturated heterocycles. The van der Waals surface area contributed by atoms with E-state index in [0.29, 0.717) is 6.42 Å². The summed E-state index contributed by atoms with van der Waals surface area (Å²) < 4.78 is 9.81. The molecule has 0 aliphatic carbocycles. The Morgan fingerprint density at radius 2 is 2.17 bits per heavy atom. The molecule has 4 nitrogen and oxygen atoms in total. The Hall–Kier alpha value is -0.160. The zero-order valence-electron chi connectivity index (χ0n) is 7.49. The van der Waals surface area contributed by atoms with Crippen LogP contribution in [-0.4, -0.2) is 51.1 Å². The normalized spacial score (nSPS) is 22.5. The van der Waals surface area contributed by atoms with E-state index in [9.17, 15) is 5.11 Å². The van der Waals surface area contributed by atoms with Crippen molar-refractivity contribution in [1.82, 2.24) is 4.90 Å². The van der Waals surface area contributed by atoms with Gasteiger partial charge in [-0.1, -0.05) is 0 Å². The first-order valence-corrected chi connectivity index (χ1v) is 4.31. The first-order chi connectivity index (χ1) is 5.83. The molecule has 0 aromatic carbocycles. The zero-order valence-corrected chi connectivity index (χ0v) is 7.49. The van der Waals surface area contributed by atoms with Gasteiger partial charge in [-0.3, -0.25) is 4.90 Å². The van der Waals surface area contributed by atoms with Gasteiger partial charge in [0.05, 0.1) is 13.2 Å². The number of methoxy groups -OCH3 is 1. The van der Waals surface area contributed by atoms with Crippen molar-refractivity contribution >= 4 is 0 Å². The number of hydrogen-bond donors (Lipinski definition) is 0. The van der Waals surface area contributed by atoms with Crippen molar-refractivity contribution in [2.24, 2.45) is 0 Å². The van der Waals surface area contributed by atoms with E-state index in [2.05, 4.69) is 9.64 Å². The topological polar surface area (TPSA) is 41.6 Å². The highest BCUT2D eigenvalue weighted by Crippen LogP contribution is 2.00. The fourth-order valence-corrected chi connectivity index (χ4v) is 1.23. The molecule has 71 valence electrons. The number of hydrogen-bond acceptors (Lipinski definition) is 3. The molecule has 0 bridgehead atoms. The minimum Gasteiger partial charge on any atom is -0.379 e. The van der Waals surface area contributed by atoms with Crippen LogP contribution in [0.3, 0.4) is 0 Å². The third-order valence-corrected chi connectivity index (χ3v) is 2.05. The van der Waals surface area contributed by atoms with Crippen LogP contribution in [0.15, 0.2) is 0 Å². The number of morpholine rings is 1. The molecule has 12 heavy (non-hydrogen) atoms. The fourth-order valence-electron chi connectivity index (χ4n) is 1.23. The fraction of sp³-hybridized carbons (Fsp3) is 1.00. The van der Waals surface area contributed by atoms with Crippen molar-refractivity contribution in [3.8, 4) is 0 Å².